The quantitative estimate of drug-likeness (QED) is 0.276. The fourth-order valence-corrected chi connectivity index (χ4v) is 3.55. The summed E-state index contributed by atoms with van der Waals surface area (Å²) in [5.74, 6) is 1.71. The second-order valence-corrected chi connectivity index (χ2v) is 7.34. The maximum atomic E-state index is 5.94. The van der Waals surface area contributed by atoms with Gasteiger partial charge in [-0.25, -0.2) is 4.98 Å². The van der Waals surface area contributed by atoms with Crippen LogP contribution in [0.4, 0.5) is 0 Å². The number of fused-ring (bicyclic) bond motifs is 1. The summed E-state index contributed by atoms with van der Waals surface area (Å²) in [5, 5.41) is 8.99. The predicted molar refractivity (Wildman–Crippen MR) is 124 cm³/mol. The molecule has 0 fully saturated rings. The molecule has 7 heteroatoms. The second kappa shape index (κ2) is 10.7. The third kappa shape index (κ3) is 5.93. The van der Waals surface area contributed by atoms with Gasteiger partial charge in [0, 0.05) is 36.0 Å². The van der Waals surface area contributed by atoms with Crippen LogP contribution in [0.2, 0.25) is 0 Å². The first-order valence-corrected chi connectivity index (χ1v) is 9.98. The summed E-state index contributed by atoms with van der Waals surface area (Å²) in [6.07, 6.45) is 3.87. The lowest BCUT2D eigenvalue weighted by Crippen LogP contribution is -2.38. The lowest BCUT2D eigenvalue weighted by molar-refractivity contribution is 0.488. The van der Waals surface area contributed by atoms with Crippen molar-refractivity contribution in [3.8, 4) is 0 Å². The van der Waals surface area contributed by atoms with Crippen LogP contribution >= 0.6 is 35.3 Å². The summed E-state index contributed by atoms with van der Waals surface area (Å²) in [7, 11) is 0. The highest BCUT2D eigenvalue weighted by Crippen LogP contribution is 2.23. The molecule has 5 nitrogen and oxygen atoms in total. The van der Waals surface area contributed by atoms with E-state index in [4.69, 9.17) is 4.42 Å². The summed E-state index contributed by atoms with van der Waals surface area (Å²) < 4.78 is 5.94. The van der Waals surface area contributed by atoms with Gasteiger partial charge in [-0.3, -0.25) is 4.99 Å². The minimum Gasteiger partial charge on any atom is -0.459 e. The maximum absolute atomic E-state index is 5.94. The highest BCUT2D eigenvalue weighted by atomic mass is 127. The molecule has 0 aliphatic carbocycles. The topological polar surface area (TPSA) is 62.5 Å². The molecule has 0 saturated heterocycles. The van der Waals surface area contributed by atoms with Gasteiger partial charge in [-0.1, -0.05) is 25.1 Å². The van der Waals surface area contributed by atoms with E-state index in [9.17, 15) is 0 Å². The fraction of sp³-hybridized carbons (Fsp3) is 0.400. The minimum absolute atomic E-state index is 0. The fourth-order valence-electron chi connectivity index (χ4n) is 2.70. The average molecular weight is 498 g/mol. The van der Waals surface area contributed by atoms with Crippen LogP contribution in [0.3, 0.4) is 0 Å². The standard InChI is InChI=1S/C20H26N4OS.HI/c1-4-16-13-23-19(26-16)10-11-22-20(21-5-2)24-14(3)18-12-15-8-6-7-9-17(15)25-18;/h6-9,12-14H,4-5,10-11H2,1-3H3,(H2,21,22,24);1H. The van der Waals surface area contributed by atoms with Crippen molar-refractivity contribution in [3.05, 3.63) is 52.2 Å². The Morgan fingerprint density at radius 3 is 2.81 bits per heavy atom. The molecule has 0 amide bonds. The smallest absolute Gasteiger partial charge is 0.191 e. The van der Waals surface area contributed by atoms with Gasteiger partial charge in [0.1, 0.15) is 11.3 Å². The number of thiazole rings is 1. The van der Waals surface area contributed by atoms with Gasteiger partial charge in [0.05, 0.1) is 11.0 Å². The van der Waals surface area contributed by atoms with Crippen LogP contribution in [-0.4, -0.2) is 24.0 Å². The van der Waals surface area contributed by atoms with Crippen LogP contribution in [0.1, 0.15) is 42.5 Å². The molecular weight excluding hydrogens is 471 g/mol. The Labute approximate surface area is 181 Å². The van der Waals surface area contributed by atoms with E-state index in [2.05, 4.69) is 53.5 Å². The van der Waals surface area contributed by atoms with Gasteiger partial charge >= 0.3 is 0 Å². The molecule has 0 aliphatic rings. The van der Waals surface area contributed by atoms with Gasteiger partial charge in [0.15, 0.2) is 5.96 Å². The minimum atomic E-state index is 0. The van der Waals surface area contributed by atoms with E-state index < -0.39 is 0 Å². The Hall–Kier alpha value is -1.61. The molecule has 1 aromatic carbocycles. The molecule has 3 aromatic rings. The third-order valence-corrected chi connectivity index (χ3v) is 5.32. The summed E-state index contributed by atoms with van der Waals surface area (Å²) in [6.45, 7) is 7.83. The number of rotatable bonds is 7. The van der Waals surface area contributed by atoms with E-state index in [-0.39, 0.29) is 30.0 Å². The molecular formula is C20H27IN4OS. The molecule has 1 unspecified atom stereocenters. The average Bonchev–Trinajstić information content (AvgIpc) is 3.28. The van der Waals surface area contributed by atoms with Crippen molar-refractivity contribution < 1.29 is 4.42 Å². The van der Waals surface area contributed by atoms with E-state index in [0.29, 0.717) is 6.54 Å². The van der Waals surface area contributed by atoms with Crippen molar-refractivity contribution in [1.82, 2.24) is 15.6 Å². The van der Waals surface area contributed by atoms with Crippen LogP contribution < -0.4 is 10.6 Å². The lowest BCUT2D eigenvalue weighted by Gasteiger charge is -2.16. The zero-order chi connectivity index (χ0) is 18.4. The molecule has 2 heterocycles. The molecule has 0 radical (unpaired) electrons. The van der Waals surface area contributed by atoms with Gasteiger partial charge in [-0.2, -0.15) is 0 Å². The van der Waals surface area contributed by atoms with Gasteiger partial charge in [0.2, 0.25) is 0 Å². The van der Waals surface area contributed by atoms with Crippen molar-refractivity contribution in [3.63, 3.8) is 0 Å². The number of furan rings is 1. The van der Waals surface area contributed by atoms with E-state index >= 15 is 0 Å². The monoisotopic (exact) mass is 498 g/mol. The van der Waals surface area contributed by atoms with Crippen LogP contribution in [0, 0.1) is 0 Å². The summed E-state index contributed by atoms with van der Waals surface area (Å²) in [4.78, 5) is 10.5. The lowest BCUT2D eigenvalue weighted by atomic mass is 10.2. The zero-order valence-electron chi connectivity index (χ0n) is 16.0. The number of aliphatic imine (C=N–C) groups is 1. The number of hydrogen-bond acceptors (Lipinski definition) is 4. The Morgan fingerprint density at radius 1 is 1.30 bits per heavy atom. The molecule has 0 aliphatic heterocycles. The largest absolute Gasteiger partial charge is 0.459 e. The zero-order valence-corrected chi connectivity index (χ0v) is 19.1. The first-order chi connectivity index (χ1) is 12.7. The summed E-state index contributed by atoms with van der Waals surface area (Å²) in [6, 6.07) is 10.2. The number of benzene rings is 1. The van der Waals surface area contributed by atoms with Crippen LogP contribution in [0.5, 0.6) is 0 Å². The van der Waals surface area contributed by atoms with E-state index in [1.165, 1.54) is 4.88 Å². The molecule has 27 heavy (non-hydrogen) atoms. The number of nitrogens with one attached hydrogen (secondary N) is 2. The van der Waals surface area contributed by atoms with Crippen molar-refractivity contribution in [2.24, 2.45) is 4.99 Å². The summed E-state index contributed by atoms with van der Waals surface area (Å²) in [5.41, 5.74) is 0.911. The molecule has 0 bridgehead atoms. The first-order valence-electron chi connectivity index (χ1n) is 9.16. The Bertz CT molecular complexity index is 841. The number of hydrogen-bond donors (Lipinski definition) is 2. The molecule has 2 N–H and O–H groups in total. The molecule has 146 valence electrons. The SMILES string of the molecule is CCNC(=NCCc1ncc(CC)s1)NC(C)c1cc2ccccc2o1.I. The van der Waals surface area contributed by atoms with Crippen molar-refractivity contribution in [2.75, 3.05) is 13.1 Å². The number of guanidine groups is 1. The van der Waals surface area contributed by atoms with Crippen molar-refractivity contribution in [2.45, 2.75) is 39.7 Å². The van der Waals surface area contributed by atoms with E-state index in [1.54, 1.807) is 11.3 Å². The van der Waals surface area contributed by atoms with Crippen LogP contribution in [-0.2, 0) is 12.8 Å². The van der Waals surface area contributed by atoms with Crippen LogP contribution in [0.25, 0.3) is 11.0 Å². The third-order valence-electron chi connectivity index (χ3n) is 4.11. The maximum Gasteiger partial charge on any atom is 0.191 e. The normalized spacial score (nSPS) is 12.6. The highest BCUT2D eigenvalue weighted by Gasteiger charge is 2.13. The first kappa shape index (κ1) is 21.7. The molecule has 0 saturated carbocycles. The van der Waals surface area contributed by atoms with Gasteiger partial charge < -0.3 is 15.1 Å². The number of aromatic nitrogens is 1. The Morgan fingerprint density at radius 2 is 2.11 bits per heavy atom. The number of aryl methyl sites for hydroxylation is 1. The summed E-state index contributed by atoms with van der Waals surface area (Å²) >= 11 is 1.77. The number of para-hydroxylation sites is 1. The van der Waals surface area contributed by atoms with Gasteiger partial charge in [-0.15, -0.1) is 35.3 Å². The van der Waals surface area contributed by atoms with Gasteiger partial charge in [0.25, 0.3) is 0 Å². The predicted octanol–water partition coefficient (Wildman–Crippen LogP) is 4.93. The molecule has 2 aromatic heterocycles. The highest BCUT2D eigenvalue weighted by molar-refractivity contribution is 14.0. The molecule has 1 atom stereocenters. The van der Waals surface area contributed by atoms with E-state index in [1.807, 2.05) is 24.4 Å². The van der Waals surface area contributed by atoms with E-state index in [0.717, 1.165) is 47.1 Å². The second-order valence-electron chi connectivity index (χ2n) is 6.14. The number of halogens is 1. The molecule has 0 spiro atoms. The Balaban J connectivity index is 0.00000261. The Kier molecular flexibility index (Phi) is 8.56. The van der Waals surface area contributed by atoms with Crippen LogP contribution in [0.15, 0.2) is 45.9 Å². The van der Waals surface area contributed by atoms with Crippen molar-refractivity contribution >= 4 is 52.2 Å². The van der Waals surface area contributed by atoms with Crippen molar-refractivity contribution in [1.29, 1.82) is 0 Å². The number of nitrogens with zero attached hydrogens (tertiary/aromatic N) is 2. The molecule has 3 rings (SSSR count). The van der Waals surface area contributed by atoms with Gasteiger partial charge in [-0.05, 0) is 32.4 Å².